The van der Waals surface area contributed by atoms with E-state index in [-0.39, 0.29) is 22.4 Å². The Morgan fingerprint density at radius 3 is 2.85 bits per heavy atom. The molecule has 1 amide bonds. The van der Waals surface area contributed by atoms with Crippen LogP contribution in [0.3, 0.4) is 0 Å². The summed E-state index contributed by atoms with van der Waals surface area (Å²) in [5.74, 6) is -0.515. The highest BCUT2D eigenvalue weighted by Crippen LogP contribution is 2.30. The maximum absolute atomic E-state index is 12.3. The van der Waals surface area contributed by atoms with Gasteiger partial charge in [-0.15, -0.1) is 0 Å². The van der Waals surface area contributed by atoms with Crippen LogP contribution < -0.4 is 5.32 Å². The second-order valence-corrected chi connectivity index (χ2v) is 5.43. The molecule has 1 aliphatic rings. The minimum atomic E-state index is -0.645. The number of benzene rings is 1. The van der Waals surface area contributed by atoms with Gasteiger partial charge in [-0.05, 0) is 32.4 Å². The zero-order valence-electron chi connectivity index (χ0n) is 11.2. The zero-order valence-corrected chi connectivity index (χ0v) is 11.9. The second kappa shape index (κ2) is 5.38. The standard InChI is InChI=1S/C13H15ClN2O4/c1-8-13(2,6-7-20-8)15-12(17)9-4-3-5-10(14)11(9)16(18)19/h3-5,8H,6-7H2,1-2H3,(H,15,17). The molecule has 2 atom stereocenters. The number of carbonyl (C=O) groups excluding carboxylic acids is 1. The van der Waals surface area contributed by atoms with Crippen LogP contribution in [0.4, 0.5) is 5.69 Å². The molecule has 1 saturated heterocycles. The van der Waals surface area contributed by atoms with Crippen LogP contribution in [0.15, 0.2) is 18.2 Å². The molecule has 1 aromatic carbocycles. The lowest BCUT2D eigenvalue weighted by Gasteiger charge is -2.28. The van der Waals surface area contributed by atoms with E-state index in [1.807, 2.05) is 13.8 Å². The third-order valence-corrected chi connectivity index (χ3v) is 4.00. The summed E-state index contributed by atoms with van der Waals surface area (Å²) in [7, 11) is 0. The van der Waals surface area contributed by atoms with Crippen LogP contribution >= 0.6 is 11.6 Å². The summed E-state index contributed by atoms with van der Waals surface area (Å²) in [4.78, 5) is 22.7. The first-order valence-electron chi connectivity index (χ1n) is 6.22. The van der Waals surface area contributed by atoms with E-state index in [1.54, 1.807) is 0 Å². The van der Waals surface area contributed by atoms with Crippen molar-refractivity contribution in [2.24, 2.45) is 0 Å². The molecule has 1 fully saturated rings. The number of rotatable bonds is 3. The van der Waals surface area contributed by atoms with Gasteiger partial charge in [-0.1, -0.05) is 17.7 Å². The van der Waals surface area contributed by atoms with Gasteiger partial charge in [0, 0.05) is 6.61 Å². The molecule has 6 nitrogen and oxygen atoms in total. The molecule has 0 saturated carbocycles. The molecule has 1 aromatic rings. The molecule has 1 aliphatic heterocycles. The molecular formula is C13H15ClN2O4. The van der Waals surface area contributed by atoms with Crippen LogP contribution in [-0.2, 0) is 4.74 Å². The summed E-state index contributed by atoms with van der Waals surface area (Å²) in [6.45, 7) is 4.27. The summed E-state index contributed by atoms with van der Waals surface area (Å²) in [6.07, 6.45) is 0.513. The van der Waals surface area contributed by atoms with E-state index < -0.39 is 16.4 Å². The Balaban J connectivity index is 2.31. The number of halogens is 1. The monoisotopic (exact) mass is 298 g/mol. The van der Waals surface area contributed by atoms with Gasteiger partial charge in [0.15, 0.2) is 0 Å². The van der Waals surface area contributed by atoms with Crippen molar-refractivity contribution >= 4 is 23.2 Å². The minimum Gasteiger partial charge on any atom is -0.376 e. The highest BCUT2D eigenvalue weighted by molar-refractivity contribution is 6.33. The number of ether oxygens (including phenoxy) is 1. The predicted molar refractivity (Wildman–Crippen MR) is 74.0 cm³/mol. The Kier molecular flexibility index (Phi) is 3.96. The molecule has 1 heterocycles. The predicted octanol–water partition coefficient (Wildman–Crippen LogP) is 2.55. The number of nitrogens with one attached hydrogen (secondary N) is 1. The first kappa shape index (κ1) is 14.7. The number of carbonyl (C=O) groups is 1. The van der Waals surface area contributed by atoms with E-state index in [9.17, 15) is 14.9 Å². The average molecular weight is 299 g/mol. The third-order valence-electron chi connectivity index (χ3n) is 3.70. The van der Waals surface area contributed by atoms with Gasteiger partial charge >= 0.3 is 5.69 Å². The third kappa shape index (κ3) is 2.62. The van der Waals surface area contributed by atoms with Crippen molar-refractivity contribution in [2.45, 2.75) is 31.9 Å². The van der Waals surface area contributed by atoms with E-state index in [4.69, 9.17) is 16.3 Å². The van der Waals surface area contributed by atoms with Crippen molar-refractivity contribution in [3.8, 4) is 0 Å². The zero-order chi connectivity index (χ0) is 14.9. The molecule has 2 rings (SSSR count). The molecule has 0 aromatic heterocycles. The largest absolute Gasteiger partial charge is 0.376 e. The summed E-state index contributed by atoms with van der Waals surface area (Å²) >= 11 is 5.80. The molecule has 0 aliphatic carbocycles. The van der Waals surface area contributed by atoms with Gasteiger partial charge in [-0.2, -0.15) is 0 Å². The topological polar surface area (TPSA) is 81.5 Å². The summed E-state index contributed by atoms with van der Waals surface area (Å²) in [5, 5.41) is 13.8. The van der Waals surface area contributed by atoms with Gasteiger partial charge in [-0.3, -0.25) is 14.9 Å². The van der Waals surface area contributed by atoms with Crippen molar-refractivity contribution in [2.75, 3.05) is 6.61 Å². The van der Waals surface area contributed by atoms with Gasteiger partial charge in [0.1, 0.15) is 10.6 Å². The van der Waals surface area contributed by atoms with Crippen LogP contribution in [-0.4, -0.2) is 29.1 Å². The molecule has 0 bridgehead atoms. The SMILES string of the molecule is CC1OCCC1(C)NC(=O)c1cccc(Cl)c1[N+](=O)[O-]. The van der Waals surface area contributed by atoms with Crippen molar-refractivity contribution in [3.05, 3.63) is 38.9 Å². The van der Waals surface area contributed by atoms with Crippen LogP contribution in [0.2, 0.25) is 5.02 Å². The van der Waals surface area contributed by atoms with Crippen molar-refractivity contribution in [1.29, 1.82) is 0 Å². The Morgan fingerprint density at radius 2 is 2.30 bits per heavy atom. The number of hydrogen-bond acceptors (Lipinski definition) is 4. The maximum Gasteiger partial charge on any atom is 0.300 e. The lowest BCUT2D eigenvalue weighted by atomic mass is 9.94. The van der Waals surface area contributed by atoms with Crippen molar-refractivity contribution in [3.63, 3.8) is 0 Å². The fourth-order valence-electron chi connectivity index (χ4n) is 2.21. The van der Waals surface area contributed by atoms with E-state index in [2.05, 4.69) is 5.32 Å². The normalized spacial score (nSPS) is 25.4. The molecule has 7 heteroatoms. The van der Waals surface area contributed by atoms with Gasteiger partial charge in [0.05, 0.1) is 16.6 Å². The van der Waals surface area contributed by atoms with E-state index in [0.717, 1.165) is 0 Å². The number of para-hydroxylation sites is 1. The average Bonchev–Trinajstić information content (AvgIpc) is 2.68. The maximum atomic E-state index is 12.3. The molecule has 2 unspecified atom stereocenters. The lowest BCUT2D eigenvalue weighted by Crippen LogP contribution is -2.50. The van der Waals surface area contributed by atoms with Crippen molar-refractivity contribution < 1.29 is 14.5 Å². The summed E-state index contributed by atoms with van der Waals surface area (Å²) in [5.41, 5.74) is -0.947. The van der Waals surface area contributed by atoms with Crippen LogP contribution in [0.1, 0.15) is 30.6 Å². The molecule has 0 spiro atoms. The fraction of sp³-hybridized carbons (Fsp3) is 0.462. The number of nitro groups is 1. The number of nitrogens with zero attached hydrogens (tertiary/aromatic N) is 1. The number of hydrogen-bond donors (Lipinski definition) is 1. The van der Waals surface area contributed by atoms with Gasteiger partial charge < -0.3 is 10.1 Å². The van der Waals surface area contributed by atoms with E-state index >= 15 is 0 Å². The Bertz CT molecular complexity index is 563. The first-order chi connectivity index (χ1) is 9.35. The highest BCUT2D eigenvalue weighted by atomic mass is 35.5. The summed E-state index contributed by atoms with van der Waals surface area (Å²) < 4.78 is 5.43. The minimum absolute atomic E-state index is 0.0391. The Morgan fingerprint density at radius 1 is 1.60 bits per heavy atom. The summed E-state index contributed by atoms with van der Waals surface area (Å²) in [6, 6.07) is 4.30. The highest BCUT2D eigenvalue weighted by Gasteiger charge is 2.39. The number of nitro benzene ring substituents is 1. The van der Waals surface area contributed by atoms with Gasteiger partial charge in [-0.25, -0.2) is 0 Å². The number of amides is 1. The Labute approximate surface area is 121 Å². The van der Waals surface area contributed by atoms with Gasteiger partial charge in [0.25, 0.3) is 5.91 Å². The molecule has 1 N–H and O–H groups in total. The first-order valence-corrected chi connectivity index (χ1v) is 6.60. The van der Waals surface area contributed by atoms with E-state index in [0.29, 0.717) is 13.0 Å². The fourth-order valence-corrected chi connectivity index (χ4v) is 2.45. The second-order valence-electron chi connectivity index (χ2n) is 5.03. The van der Waals surface area contributed by atoms with Crippen molar-refractivity contribution in [1.82, 2.24) is 5.32 Å². The van der Waals surface area contributed by atoms with E-state index in [1.165, 1.54) is 18.2 Å². The van der Waals surface area contributed by atoms with Crippen LogP contribution in [0, 0.1) is 10.1 Å². The molecule has 20 heavy (non-hydrogen) atoms. The smallest absolute Gasteiger partial charge is 0.300 e. The lowest BCUT2D eigenvalue weighted by molar-refractivity contribution is -0.385. The Hall–Kier alpha value is -1.66. The quantitative estimate of drug-likeness (QED) is 0.687. The molecule has 108 valence electrons. The molecule has 0 radical (unpaired) electrons. The van der Waals surface area contributed by atoms with Crippen LogP contribution in [0.5, 0.6) is 0 Å². The van der Waals surface area contributed by atoms with Gasteiger partial charge in [0.2, 0.25) is 0 Å². The molecular weight excluding hydrogens is 284 g/mol. The van der Waals surface area contributed by atoms with Crippen LogP contribution in [0.25, 0.3) is 0 Å².